The summed E-state index contributed by atoms with van der Waals surface area (Å²) in [4.78, 5) is 39.4. The summed E-state index contributed by atoms with van der Waals surface area (Å²) in [6.45, 7) is -3.55. The number of hydrogen-bond acceptors (Lipinski definition) is 9. The average molecular weight is 581 g/mol. The summed E-state index contributed by atoms with van der Waals surface area (Å²) in [5, 5.41) is 11.8. The van der Waals surface area contributed by atoms with Crippen LogP contribution in [-0.4, -0.2) is 75.8 Å². The highest BCUT2D eigenvalue weighted by atomic mass is 35.5. The number of hydrogen-bond donors (Lipinski definition) is 2. The molecule has 1 spiro atoms. The SMILES string of the molecule is NC(=CC=NC(F)F)C1=C2C[C@]3(COC(=O)N3CC(=O)O)CN2C(c2nccs2)=N[C@H]1c1ccc(F)cc1Cl. The molecule has 2 saturated heterocycles. The highest BCUT2D eigenvalue weighted by molar-refractivity contribution is 7.11. The van der Waals surface area contributed by atoms with Crippen LogP contribution in [0, 0.1) is 5.82 Å². The third-order valence-corrected chi connectivity index (χ3v) is 7.66. The topological polar surface area (TPSA) is 134 Å². The van der Waals surface area contributed by atoms with Gasteiger partial charge < -0.3 is 20.5 Å². The number of nitrogens with zero attached hydrogens (tertiary/aromatic N) is 5. The summed E-state index contributed by atoms with van der Waals surface area (Å²) in [6.07, 6.45) is 2.96. The smallest absolute Gasteiger partial charge is 0.411 e. The fourth-order valence-corrected chi connectivity index (χ4v) is 5.87. The van der Waals surface area contributed by atoms with Gasteiger partial charge in [-0.1, -0.05) is 17.7 Å². The Hall–Kier alpha value is -3.91. The van der Waals surface area contributed by atoms with Crippen LogP contribution in [-0.2, 0) is 9.53 Å². The van der Waals surface area contributed by atoms with Crippen LogP contribution in [0.15, 0.2) is 62.8 Å². The Balaban J connectivity index is 1.72. The molecule has 2 aromatic rings. The minimum Gasteiger partial charge on any atom is -0.480 e. The Bertz CT molecular complexity index is 1450. The number of carbonyl (C=O) groups is 2. The monoisotopic (exact) mass is 580 g/mol. The number of ether oxygens (including phenoxy) is 1. The van der Waals surface area contributed by atoms with Crippen molar-refractivity contribution in [2.24, 2.45) is 15.7 Å². The molecule has 2 atom stereocenters. The molecular weight excluding hydrogens is 561 g/mol. The lowest BCUT2D eigenvalue weighted by molar-refractivity contribution is -0.138. The van der Waals surface area contributed by atoms with Gasteiger partial charge in [-0.3, -0.25) is 14.7 Å². The highest BCUT2D eigenvalue weighted by Crippen LogP contribution is 2.48. The predicted octanol–water partition coefficient (Wildman–Crippen LogP) is 3.81. The van der Waals surface area contributed by atoms with Gasteiger partial charge >= 0.3 is 18.6 Å². The van der Waals surface area contributed by atoms with Crippen LogP contribution in [0.4, 0.5) is 18.0 Å². The molecule has 0 radical (unpaired) electrons. The van der Waals surface area contributed by atoms with E-state index in [1.807, 2.05) is 0 Å². The number of alkyl halides is 2. The average Bonchev–Trinajstić information content (AvgIpc) is 3.59. The Labute approximate surface area is 228 Å². The van der Waals surface area contributed by atoms with Crippen molar-refractivity contribution >= 4 is 47.1 Å². The van der Waals surface area contributed by atoms with E-state index in [2.05, 4.69) is 9.98 Å². The Kier molecular flexibility index (Phi) is 7.07. The number of aromatic nitrogens is 1. The molecule has 204 valence electrons. The maximum atomic E-state index is 13.9. The normalized spacial score (nSPS) is 23.3. The molecule has 0 aliphatic carbocycles. The molecular formula is C24H20ClF3N6O4S. The van der Waals surface area contributed by atoms with Gasteiger partial charge in [0.1, 0.15) is 30.5 Å². The van der Waals surface area contributed by atoms with Crippen molar-refractivity contribution in [3.8, 4) is 0 Å². The number of nitrogens with two attached hydrogens (primary N) is 1. The van der Waals surface area contributed by atoms with Crippen LogP contribution < -0.4 is 5.73 Å². The molecule has 3 aliphatic rings. The first kappa shape index (κ1) is 26.7. The fourth-order valence-electron chi connectivity index (χ4n) is 4.96. The van der Waals surface area contributed by atoms with Crippen molar-refractivity contribution in [3.05, 3.63) is 74.2 Å². The van der Waals surface area contributed by atoms with E-state index in [0.29, 0.717) is 27.7 Å². The van der Waals surface area contributed by atoms with Gasteiger partial charge in [0, 0.05) is 51.8 Å². The molecule has 15 heteroatoms. The van der Waals surface area contributed by atoms with E-state index in [0.717, 1.165) is 17.2 Å². The van der Waals surface area contributed by atoms with Crippen LogP contribution in [0.1, 0.15) is 23.0 Å². The molecule has 3 N–H and O–H groups in total. The largest absolute Gasteiger partial charge is 0.480 e. The van der Waals surface area contributed by atoms with Gasteiger partial charge in [-0.2, -0.15) is 8.78 Å². The first-order valence-corrected chi connectivity index (χ1v) is 12.7. The Morgan fingerprint density at radius 1 is 1.44 bits per heavy atom. The van der Waals surface area contributed by atoms with Gasteiger partial charge in [0.15, 0.2) is 10.8 Å². The number of carboxylic acids is 1. The number of amidine groups is 1. The van der Waals surface area contributed by atoms with E-state index in [-0.39, 0.29) is 30.3 Å². The standard InChI is InChI=1S/C24H20ClF3N6O4S/c25-14-7-12(26)1-2-13(14)19-18(15(29)3-4-31-22(27)28)16-8-24(11-38-23(37)34(24)9-17(35)36)10-33(16)20(32-19)21-30-5-6-39-21/h1-7,19,22H,8-11,29H2,(H,35,36)/t19-,24+/m0/s1. The zero-order valence-corrected chi connectivity index (χ0v) is 21.5. The van der Waals surface area contributed by atoms with Gasteiger partial charge in [-0.25, -0.2) is 19.2 Å². The summed E-state index contributed by atoms with van der Waals surface area (Å²) in [6, 6.07) is 2.86. The van der Waals surface area contributed by atoms with Crippen molar-refractivity contribution in [3.63, 3.8) is 0 Å². The van der Waals surface area contributed by atoms with E-state index < -0.39 is 42.6 Å². The van der Waals surface area contributed by atoms with Gasteiger partial charge in [0.25, 0.3) is 0 Å². The molecule has 1 amide bonds. The lowest BCUT2D eigenvalue weighted by Crippen LogP contribution is -2.51. The van der Waals surface area contributed by atoms with Gasteiger partial charge in [-0.05, 0) is 18.2 Å². The van der Waals surface area contributed by atoms with E-state index in [1.54, 1.807) is 16.5 Å². The summed E-state index contributed by atoms with van der Waals surface area (Å²) in [5.74, 6) is -1.40. The van der Waals surface area contributed by atoms with Crippen LogP contribution in [0.5, 0.6) is 0 Å². The van der Waals surface area contributed by atoms with Crippen LogP contribution in [0.25, 0.3) is 0 Å². The number of benzene rings is 1. The maximum absolute atomic E-state index is 13.9. The van der Waals surface area contributed by atoms with Crippen molar-refractivity contribution in [2.75, 3.05) is 19.7 Å². The Morgan fingerprint density at radius 3 is 2.90 bits per heavy atom. The van der Waals surface area contributed by atoms with E-state index in [1.165, 1.54) is 29.5 Å². The minimum absolute atomic E-state index is 0.0267. The molecule has 0 unspecified atom stereocenters. The summed E-state index contributed by atoms with van der Waals surface area (Å²) >= 11 is 7.73. The second kappa shape index (κ2) is 10.3. The number of carbonyl (C=O) groups excluding carboxylic acids is 1. The number of carboxylic acid groups (broad SMARTS) is 1. The fraction of sp³-hybridized carbons (Fsp3) is 0.292. The van der Waals surface area contributed by atoms with Crippen molar-refractivity contribution in [2.45, 2.75) is 24.6 Å². The summed E-state index contributed by atoms with van der Waals surface area (Å²) in [7, 11) is 0. The van der Waals surface area contributed by atoms with E-state index >= 15 is 0 Å². The van der Waals surface area contributed by atoms with E-state index in [4.69, 9.17) is 27.1 Å². The zero-order valence-electron chi connectivity index (χ0n) is 19.9. The number of rotatable bonds is 7. The van der Waals surface area contributed by atoms with Crippen LogP contribution in [0.3, 0.4) is 0 Å². The number of aliphatic imine (C=N–C) groups is 2. The number of allylic oxidation sites excluding steroid dienone is 1. The minimum atomic E-state index is -2.95. The third-order valence-electron chi connectivity index (χ3n) is 6.56. The first-order chi connectivity index (χ1) is 18.6. The number of amides is 1. The van der Waals surface area contributed by atoms with Crippen molar-refractivity contribution in [1.82, 2.24) is 14.8 Å². The highest BCUT2D eigenvalue weighted by Gasteiger charge is 2.56. The maximum Gasteiger partial charge on any atom is 0.411 e. The molecule has 39 heavy (non-hydrogen) atoms. The zero-order chi connectivity index (χ0) is 27.9. The second-order valence-corrected chi connectivity index (χ2v) is 10.2. The number of halogens is 4. The molecule has 0 bridgehead atoms. The molecule has 0 saturated carbocycles. The number of aliphatic carboxylic acids is 1. The number of thiazole rings is 1. The summed E-state index contributed by atoms with van der Waals surface area (Å²) in [5.41, 5.74) is 6.64. The van der Waals surface area contributed by atoms with Gasteiger partial charge in [0.2, 0.25) is 0 Å². The van der Waals surface area contributed by atoms with Crippen molar-refractivity contribution < 1.29 is 32.6 Å². The molecule has 4 heterocycles. The van der Waals surface area contributed by atoms with Crippen LogP contribution in [0.2, 0.25) is 5.02 Å². The van der Waals surface area contributed by atoms with Crippen molar-refractivity contribution in [1.29, 1.82) is 0 Å². The van der Waals surface area contributed by atoms with Gasteiger partial charge in [-0.15, -0.1) is 11.3 Å². The lowest BCUT2D eigenvalue weighted by Gasteiger charge is -2.33. The predicted molar refractivity (Wildman–Crippen MR) is 136 cm³/mol. The Morgan fingerprint density at radius 2 is 2.23 bits per heavy atom. The van der Waals surface area contributed by atoms with Gasteiger partial charge in [0.05, 0.1) is 6.54 Å². The molecule has 5 rings (SSSR count). The lowest BCUT2D eigenvalue weighted by atomic mass is 9.90. The van der Waals surface area contributed by atoms with Crippen LogP contribution >= 0.6 is 22.9 Å². The summed E-state index contributed by atoms with van der Waals surface area (Å²) < 4.78 is 44.6. The molecule has 10 nitrogen and oxygen atoms in total. The molecule has 1 aromatic carbocycles. The third kappa shape index (κ3) is 4.96. The van der Waals surface area contributed by atoms with E-state index in [9.17, 15) is 27.9 Å². The number of cyclic esters (lactones) is 1. The molecule has 1 aromatic heterocycles. The molecule has 2 fully saturated rings. The number of fused-ring (bicyclic) bond motifs is 1. The molecule has 3 aliphatic heterocycles. The first-order valence-electron chi connectivity index (χ1n) is 11.5. The quantitative estimate of drug-likeness (QED) is 0.376. The second-order valence-electron chi connectivity index (χ2n) is 8.94.